The van der Waals surface area contributed by atoms with Gasteiger partial charge < -0.3 is 5.32 Å². The van der Waals surface area contributed by atoms with Crippen LogP contribution in [-0.2, 0) is 4.79 Å². The molecule has 0 radical (unpaired) electrons. The zero-order valence-electron chi connectivity index (χ0n) is 11.1. The minimum atomic E-state index is 0.483. The van der Waals surface area contributed by atoms with E-state index in [0.29, 0.717) is 17.9 Å². The number of carbonyl (C=O) groups excluding carboxylic acids is 1. The average molecular weight is 238 g/mol. The first-order valence-electron chi connectivity index (χ1n) is 7.29. The van der Waals surface area contributed by atoms with Crippen molar-refractivity contribution in [3.05, 3.63) is 0 Å². The minimum Gasteiger partial charge on any atom is -0.317 e. The second-order valence-corrected chi connectivity index (χ2v) is 5.51. The quantitative estimate of drug-likeness (QED) is 0.812. The van der Waals surface area contributed by atoms with Crippen LogP contribution in [0.2, 0.25) is 0 Å². The summed E-state index contributed by atoms with van der Waals surface area (Å²) in [7, 11) is 0. The molecule has 2 fully saturated rings. The van der Waals surface area contributed by atoms with E-state index in [1.165, 1.54) is 32.2 Å². The van der Waals surface area contributed by atoms with Crippen LogP contribution in [0.1, 0.15) is 51.9 Å². The lowest BCUT2D eigenvalue weighted by Crippen LogP contribution is -2.49. The van der Waals surface area contributed by atoms with Crippen LogP contribution in [0.25, 0.3) is 0 Å². The van der Waals surface area contributed by atoms with E-state index in [-0.39, 0.29) is 0 Å². The number of carbonyl (C=O) groups is 1. The summed E-state index contributed by atoms with van der Waals surface area (Å²) >= 11 is 0. The molecule has 2 aliphatic rings. The molecule has 0 aromatic rings. The van der Waals surface area contributed by atoms with Crippen LogP contribution in [0.4, 0.5) is 0 Å². The Bertz CT molecular complexity index is 249. The summed E-state index contributed by atoms with van der Waals surface area (Å²) < 4.78 is 0. The average Bonchev–Trinajstić information content (AvgIpc) is 2.37. The second-order valence-electron chi connectivity index (χ2n) is 5.51. The molecule has 1 unspecified atom stereocenters. The highest BCUT2D eigenvalue weighted by molar-refractivity contribution is 5.79. The maximum absolute atomic E-state index is 11.6. The van der Waals surface area contributed by atoms with Crippen LogP contribution in [0.3, 0.4) is 0 Å². The lowest BCUT2D eigenvalue weighted by Gasteiger charge is -2.41. The Labute approximate surface area is 105 Å². The van der Waals surface area contributed by atoms with Crippen molar-refractivity contribution in [1.82, 2.24) is 10.2 Å². The lowest BCUT2D eigenvalue weighted by molar-refractivity contribution is -0.122. The molecule has 0 spiro atoms. The predicted octanol–water partition coefficient (Wildman–Crippen LogP) is 1.96. The van der Waals surface area contributed by atoms with Gasteiger partial charge in [0.1, 0.15) is 5.78 Å². The summed E-state index contributed by atoms with van der Waals surface area (Å²) in [5.41, 5.74) is 0. The van der Waals surface area contributed by atoms with E-state index in [2.05, 4.69) is 17.1 Å². The Morgan fingerprint density at radius 3 is 2.65 bits per heavy atom. The molecule has 98 valence electrons. The zero-order chi connectivity index (χ0) is 12.1. The standard InChI is InChI=1S/C14H26N2O/c1-2-10-16(12-6-8-15-9-7-12)13-4-3-5-14(17)11-13/h12-13,15H,2-11H2,1H3. The van der Waals surface area contributed by atoms with Crippen LogP contribution >= 0.6 is 0 Å². The van der Waals surface area contributed by atoms with Crippen molar-refractivity contribution >= 4 is 5.78 Å². The number of piperidine rings is 1. The van der Waals surface area contributed by atoms with Gasteiger partial charge in [-0.25, -0.2) is 0 Å². The number of nitrogens with one attached hydrogen (secondary N) is 1. The number of ketones is 1. The molecule has 0 amide bonds. The van der Waals surface area contributed by atoms with Crippen LogP contribution in [0, 0.1) is 0 Å². The molecule has 0 aromatic carbocycles. The Hall–Kier alpha value is -0.410. The molecule has 0 aromatic heterocycles. The monoisotopic (exact) mass is 238 g/mol. The second kappa shape index (κ2) is 6.50. The Morgan fingerprint density at radius 2 is 2.00 bits per heavy atom. The van der Waals surface area contributed by atoms with E-state index in [0.717, 1.165) is 32.4 Å². The molecule has 1 aliphatic carbocycles. The van der Waals surface area contributed by atoms with E-state index >= 15 is 0 Å². The van der Waals surface area contributed by atoms with Gasteiger partial charge in [-0.2, -0.15) is 0 Å². The number of hydrogen-bond acceptors (Lipinski definition) is 3. The largest absolute Gasteiger partial charge is 0.317 e. The minimum absolute atomic E-state index is 0.483. The number of Topliss-reactive ketones (excluding diaryl/α,β-unsaturated/α-hetero) is 1. The molecule has 0 bridgehead atoms. The molecule has 1 heterocycles. The van der Waals surface area contributed by atoms with Crippen LogP contribution in [0.15, 0.2) is 0 Å². The molecular weight excluding hydrogens is 212 g/mol. The van der Waals surface area contributed by atoms with E-state index < -0.39 is 0 Å². The highest BCUT2D eigenvalue weighted by Gasteiger charge is 2.30. The normalized spacial score (nSPS) is 27.6. The highest BCUT2D eigenvalue weighted by atomic mass is 16.1. The fourth-order valence-electron chi connectivity index (χ4n) is 3.34. The molecule has 3 nitrogen and oxygen atoms in total. The van der Waals surface area contributed by atoms with E-state index in [1.54, 1.807) is 0 Å². The highest BCUT2D eigenvalue weighted by Crippen LogP contribution is 2.25. The number of rotatable bonds is 4. The fraction of sp³-hybridized carbons (Fsp3) is 0.929. The van der Waals surface area contributed by atoms with Gasteiger partial charge in [0.2, 0.25) is 0 Å². The van der Waals surface area contributed by atoms with Crippen molar-refractivity contribution in [3.63, 3.8) is 0 Å². The maximum Gasteiger partial charge on any atom is 0.134 e. The van der Waals surface area contributed by atoms with Crippen LogP contribution in [-0.4, -0.2) is 42.4 Å². The lowest BCUT2D eigenvalue weighted by atomic mass is 9.90. The van der Waals surface area contributed by atoms with E-state index in [4.69, 9.17) is 0 Å². The molecule has 1 atom stereocenters. The van der Waals surface area contributed by atoms with Crippen molar-refractivity contribution in [2.24, 2.45) is 0 Å². The van der Waals surface area contributed by atoms with E-state index in [9.17, 15) is 4.79 Å². The summed E-state index contributed by atoms with van der Waals surface area (Å²) in [5, 5.41) is 3.43. The van der Waals surface area contributed by atoms with Gasteiger partial charge >= 0.3 is 0 Å². The van der Waals surface area contributed by atoms with Gasteiger partial charge in [-0.05, 0) is 51.7 Å². The summed E-state index contributed by atoms with van der Waals surface area (Å²) in [5.74, 6) is 0.483. The maximum atomic E-state index is 11.6. The summed E-state index contributed by atoms with van der Waals surface area (Å²) in [6.45, 7) is 5.71. The Morgan fingerprint density at radius 1 is 1.24 bits per heavy atom. The first-order valence-corrected chi connectivity index (χ1v) is 7.29. The number of hydrogen-bond donors (Lipinski definition) is 1. The first kappa shape index (κ1) is 13.0. The van der Waals surface area contributed by atoms with Gasteiger partial charge in [-0.15, -0.1) is 0 Å². The third-order valence-corrected chi connectivity index (χ3v) is 4.18. The smallest absolute Gasteiger partial charge is 0.134 e. The zero-order valence-corrected chi connectivity index (χ0v) is 11.1. The Balaban J connectivity index is 1.96. The third kappa shape index (κ3) is 3.52. The van der Waals surface area contributed by atoms with Crippen molar-refractivity contribution in [3.8, 4) is 0 Å². The van der Waals surface area contributed by atoms with Crippen molar-refractivity contribution < 1.29 is 4.79 Å². The van der Waals surface area contributed by atoms with Gasteiger partial charge in [0, 0.05) is 24.9 Å². The van der Waals surface area contributed by atoms with Crippen molar-refractivity contribution in [2.45, 2.75) is 64.0 Å². The molecule has 1 saturated heterocycles. The summed E-state index contributed by atoms with van der Waals surface area (Å²) in [6, 6.07) is 1.26. The third-order valence-electron chi connectivity index (χ3n) is 4.18. The first-order chi connectivity index (χ1) is 8.31. The molecule has 1 saturated carbocycles. The SMILES string of the molecule is CCCN(C1CCNCC1)C1CCCC(=O)C1. The molecule has 3 heteroatoms. The topological polar surface area (TPSA) is 32.3 Å². The van der Waals surface area contributed by atoms with Gasteiger partial charge in [-0.1, -0.05) is 6.92 Å². The summed E-state index contributed by atoms with van der Waals surface area (Å²) in [4.78, 5) is 14.3. The molecule has 1 aliphatic heterocycles. The molecule has 1 N–H and O–H groups in total. The van der Waals surface area contributed by atoms with Gasteiger partial charge in [0.05, 0.1) is 0 Å². The van der Waals surface area contributed by atoms with Crippen molar-refractivity contribution in [2.75, 3.05) is 19.6 Å². The Kier molecular flexibility index (Phi) is 4.99. The van der Waals surface area contributed by atoms with Gasteiger partial charge in [-0.3, -0.25) is 9.69 Å². The van der Waals surface area contributed by atoms with Gasteiger partial charge in [0.25, 0.3) is 0 Å². The van der Waals surface area contributed by atoms with Crippen molar-refractivity contribution in [1.29, 1.82) is 0 Å². The molecule has 2 rings (SSSR count). The molecule has 17 heavy (non-hydrogen) atoms. The number of nitrogens with zero attached hydrogens (tertiary/aromatic N) is 1. The van der Waals surface area contributed by atoms with Crippen LogP contribution in [0.5, 0.6) is 0 Å². The molecular formula is C14H26N2O. The predicted molar refractivity (Wildman–Crippen MR) is 70.2 cm³/mol. The fourth-order valence-corrected chi connectivity index (χ4v) is 3.34. The summed E-state index contributed by atoms with van der Waals surface area (Å²) in [6.07, 6.45) is 7.68. The van der Waals surface area contributed by atoms with E-state index in [1.807, 2.05) is 0 Å². The van der Waals surface area contributed by atoms with Crippen LogP contribution < -0.4 is 5.32 Å². The van der Waals surface area contributed by atoms with Gasteiger partial charge in [0.15, 0.2) is 0 Å².